The van der Waals surface area contributed by atoms with E-state index < -0.39 is 10.8 Å². The first kappa shape index (κ1) is 16.5. The fourth-order valence-electron chi connectivity index (χ4n) is 1.70. The summed E-state index contributed by atoms with van der Waals surface area (Å²) >= 11 is 8.06. The third-order valence-electron chi connectivity index (χ3n) is 2.84. The van der Waals surface area contributed by atoms with Crippen LogP contribution in [0.15, 0.2) is 47.9 Å². The highest BCUT2D eigenvalue weighted by atomic mass is 127. The van der Waals surface area contributed by atoms with Crippen molar-refractivity contribution in [1.82, 2.24) is 0 Å². The summed E-state index contributed by atoms with van der Waals surface area (Å²) in [6, 6.07) is 13.2. The molecule has 1 unspecified atom stereocenters. The number of ether oxygens (including phenoxy) is 1. The molecule has 2 aromatic carbocycles. The van der Waals surface area contributed by atoms with Gasteiger partial charge in [-0.2, -0.15) is 0 Å². The molecule has 0 bridgehead atoms. The monoisotopic (exact) mass is 432 g/mol. The second kappa shape index (κ2) is 7.96. The van der Waals surface area contributed by atoms with Crippen LogP contribution in [0.3, 0.4) is 0 Å². The molecule has 0 aliphatic carbocycles. The number of hydrogen-bond donors (Lipinski definition) is 0. The van der Waals surface area contributed by atoms with E-state index in [0.29, 0.717) is 10.8 Å². The molecule has 0 saturated heterocycles. The van der Waals surface area contributed by atoms with Crippen molar-refractivity contribution in [1.29, 1.82) is 0 Å². The van der Waals surface area contributed by atoms with Crippen LogP contribution in [-0.2, 0) is 16.6 Å². The van der Waals surface area contributed by atoms with Crippen LogP contribution in [-0.4, -0.2) is 11.3 Å². The summed E-state index contributed by atoms with van der Waals surface area (Å²) in [5.74, 6) is 1.30. The molecule has 0 fully saturated rings. The molecule has 0 aliphatic heterocycles. The molecule has 21 heavy (non-hydrogen) atoms. The minimum atomic E-state index is -1.05. The Morgan fingerprint density at radius 1 is 1.24 bits per heavy atom. The maximum atomic E-state index is 12.1. The Balaban J connectivity index is 2.03. The second-order valence-corrected chi connectivity index (χ2v) is 7.26. The maximum Gasteiger partial charge on any atom is 0.119 e. The number of rotatable bonds is 5. The van der Waals surface area contributed by atoms with Crippen molar-refractivity contribution >= 4 is 51.1 Å². The lowest BCUT2D eigenvalue weighted by Gasteiger charge is -2.05. The number of benzene rings is 2. The molecule has 2 nitrogen and oxygen atoms in total. The van der Waals surface area contributed by atoms with E-state index in [-0.39, 0.29) is 0 Å². The van der Waals surface area contributed by atoms with Gasteiger partial charge in [0.2, 0.25) is 0 Å². The van der Waals surface area contributed by atoms with Crippen molar-refractivity contribution in [3.8, 4) is 5.75 Å². The first-order chi connectivity index (χ1) is 10.1. The lowest BCUT2D eigenvalue weighted by Crippen LogP contribution is -1.95. The van der Waals surface area contributed by atoms with Crippen molar-refractivity contribution < 1.29 is 8.95 Å². The lowest BCUT2D eigenvalue weighted by atomic mass is 10.2. The average molecular weight is 433 g/mol. The zero-order valence-corrected chi connectivity index (χ0v) is 15.1. The van der Waals surface area contributed by atoms with Gasteiger partial charge in [-0.1, -0.05) is 29.8 Å². The summed E-state index contributed by atoms with van der Waals surface area (Å²) in [6.07, 6.45) is 1.85. The van der Waals surface area contributed by atoms with E-state index >= 15 is 0 Å². The van der Waals surface area contributed by atoms with E-state index in [1.807, 2.05) is 48.5 Å². The highest BCUT2D eigenvalue weighted by Crippen LogP contribution is 2.21. The van der Waals surface area contributed by atoms with Crippen LogP contribution in [0, 0.1) is 3.57 Å². The van der Waals surface area contributed by atoms with Crippen LogP contribution in [0.1, 0.15) is 11.1 Å². The van der Waals surface area contributed by atoms with Crippen molar-refractivity contribution in [2.75, 3.05) is 7.11 Å². The lowest BCUT2D eigenvalue weighted by molar-refractivity contribution is 0.414. The Hall–Kier alpha value is -0.850. The minimum Gasteiger partial charge on any atom is -0.497 e. The molecule has 0 spiro atoms. The SMILES string of the molecule is COc1ccc(CS(=O)C=Cc2ccc(Cl)cc2)c(I)c1. The molecule has 2 rings (SSSR count). The summed E-state index contributed by atoms with van der Waals surface area (Å²) in [4.78, 5) is 0. The smallest absolute Gasteiger partial charge is 0.119 e. The molecular formula is C16H14ClIO2S. The Morgan fingerprint density at radius 3 is 2.57 bits per heavy atom. The van der Waals surface area contributed by atoms with Gasteiger partial charge in [-0.25, -0.2) is 0 Å². The summed E-state index contributed by atoms with van der Waals surface area (Å²) in [6.45, 7) is 0. The minimum absolute atomic E-state index is 0.492. The maximum absolute atomic E-state index is 12.1. The summed E-state index contributed by atoms with van der Waals surface area (Å²) < 4.78 is 18.3. The van der Waals surface area contributed by atoms with Crippen LogP contribution >= 0.6 is 34.2 Å². The molecule has 1 atom stereocenters. The second-order valence-electron chi connectivity index (χ2n) is 4.34. The Labute approximate surface area is 145 Å². The Bertz CT molecular complexity index is 668. The third kappa shape index (κ3) is 5.13. The Morgan fingerprint density at radius 2 is 1.95 bits per heavy atom. The van der Waals surface area contributed by atoms with E-state index in [9.17, 15) is 4.21 Å². The number of hydrogen-bond acceptors (Lipinski definition) is 2. The van der Waals surface area contributed by atoms with Crippen LogP contribution in [0.5, 0.6) is 5.75 Å². The fraction of sp³-hybridized carbons (Fsp3) is 0.125. The van der Waals surface area contributed by atoms with E-state index in [4.69, 9.17) is 16.3 Å². The van der Waals surface area contributed by atoms with Crippen molar-refractivity contribution in [2.24, 2.45) is 0 Å². The van der Waals surface area contributed by atoms with Crippen LogP contribution < -0.4 is 4.74 Å². The Kier molecular flexibility index (Phi) is 6.26. The molecule has 0 N–H and O–H groups in total. The van der Waals surface area contributed by atoms with Gasteiger partial charge in [-0.05, 0) is 64.1 Å². The van der Waals surface area contributed by atoms with Crippen LogP contribution in [0.25, 0.3) is 6.08 Å². The zero-order chi connectivity index (χ0) is 15.2. The first-order valence-electron chi connectivity index (χ1n) is 6.22. The van der Waals surface area contributed by atoms with Gasteiger partial charge in [0.25, 0.3) is 0 Å². The predicted octanol–water partition coefficient (Wildman–Crippen LogP) is 4.87. The van der Waals surface area contributed by atoms with Gasteiger partial charge in [0.15, 0.2) is 0 Å². The van der Waals surface area contributed by atoms with Crippen LogP contribution in [0.2, 0.25) is 5.02 Å². The molecule has 0 amide bonds. The largest absolute Gasteiger partial charge is 0.497 e. The van der Waals surface area contributed by atoms with Crippen molar-refractivity contribution in [3.05, 3.63) is 67.6 Å². The van der Waals surface area contributed by atoms with Gasteiger partial charge in [-0.3, -0.25) is 4.21 Å². The molecule has 0 aromatic heterocycles. The average Bonchev–Trinajstić information content (AvgIpc) is 2.48. The van der Waals surface area contributed by atoms with E-state index in [0.717, 1.165) is 20.4 Å². The zero-order valence-electron chi connectivity index (χ0n) is 11.4. The molecular weight excluding hydrogens is 419 g/mol. The van der Waals surface area contributed by atoms with Gasteiger partial charge < -0.3 is 4.74 Å². The molecule has 0 aliphatic rings. The van der Waals surface area contributed by atoms with E-state index in [1.54, 1.807) is 12.5 Å². The number of methoxy groups -OCH3 is 1. The molecule has 5 heteroatoms. The molecule has 110 valence electrons. The highest BCUT2D eigenvalue weighted by Gasteiger charge is 2.04. The van der Waals surface area contributed by atoms with Crippen molar-refractivity contribution in [3.63, 3.8) is 0 Å². The summed E-state index contributed by atoms with van der Waals surface area (Å²) in [5, 5.41) is 2.41. The quantitative estimate of drug-likeness (QED) is 0.630. The summed E-state index contributed by atoms with van der Waals surface area (Å²) in [5.41, 5.74) is 2.03. The molecule has 0 radical (unpaired) electrons. The van der Waals surface area contributed by atoms with Gasteiger partial charge in [0.1, 0.15) is 5.75 Å². The van der Waals surface area contributed by atoms with Gasteiger partial charge in [0, 0.05) is 14.0 Å². The van der Waals surface area contributed by atoms with Crippen LogP contribution in [0.4, 0.5) is 0 Å². The predicted molar refractivity (Wildman–Crippen MR) is 98.0 cm³/mol. The van der Waals surface area contributed by atoms with Gasteiger partial charge in [-0.15, -0.1) is 0 Å². The van der Waals surface area contributed by atoms with Crippen molar-refractivity contribution in [2.45, 2.75) is 5.75 Å². The fourth-order valence-corrected chi connectivity index (χ4v) is 3.73. The van der Waals surface area contributed by atoms with Gasteiger partial charge >= 0.3 is 0 Å². The van der Waals surface area contributed by atoms with E-state index in [2.05, 4.69) is 22.6 Å². The number of halogens is 2. The third-order valence-corrected chi connectivity index (χ3v) is 5.13. The van der Waals surface area contributed by atoms with Gasteiger partial charge in [0.05, 0.1) is 23.7 Å². The molecule has 0 saturated carbocycles. The first-order valence-corrected chi connectivity index (χ1v) is 9.06. The molecule has 2 aromatic rings. The summed E-state index contributed by atoms with van der Waals surface area (Å²) in [7, 11) is 0.582. The molecule has 0 heterocycles. The normalized spacial score (nSPS) is 12.5. The topological polar surface area (TPSA) is 26.3 Å². The standard InChI is InChI=1S/C16H14ClIO2S/c1-20-15-7-4-13(16(18)10-15)11-21(19)9-8-12-2-5-14(17)6-3-12/h2-10H,11H2,1H3. The highest BCUT2D eigenvalue weighted by molar-refractivity contribution is 14.1. The van der Waals surface area contributed by atoms with E-state index in [1.165, 1.54) is 0 Å².